The standard InChI is InChI=1S/C23H27N3O4/c1-16-5-8-18(9-6-16)19-14-23(30-25-19)24-22(27)15-26(2)12-11-17-7-10-20(28-3)21(13-17)29-4/h5-10,13-14H,11-12,15H2,1-4H3,(H,24,27)/p+1. The molecule has 0 fully saturated rings. The van der Waals surface area contributed by atoms with E-state index in [4.69, 9.17) is 14.0 Å². The third-order valence-corrected chi connectivity index (χ3v) is 4.87. The molecule has 1 atom stereocenters. The van der Waals surface area contributed by atoms with Gasteiger partial charge in [0.25, 0.3) is 5.91 Å². The van der Waals surface area contributed by atoms with E-state index in [1.807, 2.05) is 56.4 Å². The third kappa shape index (κ3) is 5.61. The van der Waals surface area contributed by atoms with E-state index in [0.29, 0.717) is 29.6 Å². The van der Waals surface area contributed by atoms with Gasteiger partial charge in [0.1, 0.15) is 5.69 Å². The number of likely N-dealkylation sites (N-methyl/N-ethyl adjacent to an activating group) is 1. The maximum atomic E-state index is 12.4. The fourth-order valence-electron chi connectivity index (χ4n) is 3.13. The van der Waals surface area contributed by atoms with Gasteiger partial charge in [-0.15, -0.1) is 0 Å². The Hall–Kier alpha value is -3.32. The predicted molar refractivity (Wildman–Crippen MR) is 115 cm³/mol. The second-order valence-corrected chi connectivity index (χ2v) is 7.31. The Bertz CT molecular complexity index is 982. The summed E-state index contributed by atoms with van der Waals surface area (Å²) in [5, 5.41) is 6.82. The summed E-state index contributed by atoms with van der Waals surface area (Å²) in [5.74, 6) is 1.65. The van der Waals surface area contributed by atoms with Gasteiger partial charge in [-0.3, -0.25) is 10.1 Å². The molecule has 0 aliphatic carbocycles. The second kappa shape index (κ2) is 9.93. The van der Waals surface area contributed by atoms with Crippen molar-refractivity contribution in [2.24, 2.45) is 0 Å². The van der Waals surface area contributed by atoms with Crippen molar-refractivity contribution in [2.45, 2.75) is 13.3 Å². The summed E-state index contributed by atoms with van der Waals surface area (Å²) in [6, 6.07) is 15.6. The SMILES string of the molecule is COc1ccc(CC[NH+](C)CC(=O)Nc2cc(-c3ccc(C)cc3)no2)cc1OC. The number of aromatic nitrogens is 1. The Kier molecular flexibility index (Phi) is 7.08. The lowest BCUT2D eigenvalue weighted by Crippen LogP contribution is -3.10. The van der Waals surface area contributed by atoms with Crippen LogP contribution in [0.5, 0.6) is 11.5 Å². The first kappa shape index (κ1) is 21.4. The lowest BCUT2D eigenvalue weighted by atomic mass is 10.1. The molecule has 0 bridgehead atoms. The van der Waals surface area contributed by atoms with Crippen LogP contribution in [0.3, 0.4) is 0 Å². The van der Waals surface area contributed by atoms with Crippen LogP contribution in [0.1, 0.15) is 11.1 Å². The molecule has 2 N–H and O–H groups in total. The summed E-state index contributed by atoms with van der Waals surface area (Å²) in [5.41, 5.74) is 3.95. The van der Waals surface area contributed by atoms with Gasteiger partial charge in [-0.1, -0.05) is 41.1 Å². The minimum absolute atomic E-state index is 0.119. The van der Waals surface area contributed by atoms with Gasteiger partial charge in [0, 0.05) is 18.1 Å². The number of benzene rings is 2. The number of aryl methyl sites for hydroxylation is 1. The van der Waals surface area contributed by atoms with Gasteiger partial charge in [0.2, 0.25) is 5.88 Å². The van der Waals surface area contributed by atoms with Crippen molar-refractivity contribution < 1.29 is 23.7 Å². The quantitative estimate of drug-likeness (QED) is 0.566. The van der Waals surface area contributed by atoms with Crippen molar-refractivity contribution in [1.29, 1.82) is 0 Å². The number of quaternary nitrogens is 1. The molecule has 0 radical (unpaired) electrons. The summed E-state index contributed by atoms with van der Waals surface area (Å²) < 4.78 is 15.9. The molecule has 0 aliphatic rings. The third-order valence-electron chi connectivity index (χ3n) is 4.87. The minimum atomic E-state index is -0.119. The zero-order valence-electron chi connectivity index (χ0n) is 17.8. The molecule has 2 aromatic carbocycles. The number of hydrogen-bond donors (Lipinski definition) is 2. The molecule has 3 aromatic rings. The summed E-state index contributed by atoms with van der Waals surface area (Å²) in [6.07, 6.45) is 0.819. The molecule has 1 aromatic heterocycles. The Morgan fingerprint density at radius 2 is 1.80 bits per heavy atom. The molecule has 0 spiro atoms. The molecular formula is C23H28N3O4+. The molecule has 158 valence electrons. The number of carbonyl (C=O) groups is 1. The number of nitrogens with one attached hydrogen (secondary N) is 2. The van der Waals surface area contributed by atoms with Crippen molar-refractivity contribution in [1.82, 2.24) is 5.16 Å². The Labute approximate surface area is 176 Å². The van der Waals surface area contributed by atoms with Crippen LogP contribution >= 0.6 is 0 Å². The van der Waals surface area contributed by atoms with Gasteiger partial charge in [0.15, 0.2) is 18.0 Å². The van der Waals surface area contributed by atoms with Gasteiger partial charge in [-0.25, -0.2) is 0 Å². The van der Waals surface area contributed by atoms with Crippen LogP contribution in [0, 0.1) is 6.92 Å². The number of anilines is 1. The van der Waals surface area contributed by atoms with Crippen molar-refractivity contribution in [3.05, 3.63) is 59.7 Å². The molecule has 7 heteroatoms. The number of amides is 1. The van der Waals surface area contributed by atoms with Crippen molar-refractivity contribution in [3.8, 4) is 22.8 Å². The molecule has 7 nitrogen and oxygen atoms in total. The molecule has 0 saturated carbocycles. The zero-order chi connectivity index (χ0) is 21.5. The van der Waals surface area contributed by atoms with E-state index in [0.717, 1.165) is 29.0 Å². The average Bonchev–Trinajstić information content (AvgIpc) is 3.20. The highest BCUT2D eigenvalue weighted by Crippen LogP contribution is 2.27. The van der Waals surface area contributed by atoms with Gasteiger partial charge in [-0.05, 0) is 24.6 Å². The first-order chi connectivity index (χ1) is 14.5. The van der Waals surface area contributed by atoms with Gasteiger partial charge < -0.3 is 18.9 Å². The van der Waals surface area contributed by atoms with Crippen molar-refractivity contribution in [3.63, 3.8) is 0 Å². The number of hydrogen-bond acceptors (Lipinski definition) is 5. The summed E-state index contributed by atoms with van der Waals surface area (Å²) in [7, 11) is 5.22. The van der Waals surface area contributed by atoms with Crippen LogP contribution in [-0.4, -0.2) is 45.4 Å². The molecule has 0 saturated heterocycles. The van der Waals surface area contributed by atoms with E-state index >= 15 is 0 Å². The number of ether oxygens (including phenoxy) is 2. The summed E-state index contributed by atoms with van der Waals surface area (Å²) in [6.45, 7) is 3.16. The van der Waals surface area contributed by atoms with E-state index in [1.54, 1.807) is 20.3 Å². The summed E-state index contributed by atoms with van der Waals surface area (Å²) in [4.78, 5) is 13.4. The molecule has 1 amide bonds. The van der Waals surface area contributed by atoms with E-state index < -0.39 is 0 Å². The molecule has 1 unspecified atom stereocenters. The van der Waals surface area contributed by atoms with E-state index in [-0.39, 0.29) is 5.91 Å². The molecule has 3 rings (SSSR count). The van der Waals surface area contributed by atoms with Gasteiger partial charge >= 0.3 is 0 Å². The van der Waals surface area contributed by atoms with E-state index in [2.05, 4.69) is 10.5 Å². The smallest absolute Gasteiger partial charge is 0.281 e. The number of carbonyl (C=O) groups excluding carboxylic acids is 1. The predicted octanol–water partition coefficient (Wildman–Crippen LogP) is 2.36. The first-order valence-electron chi connectivity index (χ1n) is 9.84. The normalized spacial score (nSPS) is 11.7. The van der Waals surface area contributed by atoms with Crippen LogP contribution in [-0.2, 0) is 11.2 Å². The molecular weight excluding hydrogens is 382 g/mol. The topological polar surface area (TPSA) is 78.0 Å². The highest BCUT2D eigenvalue weighted by molar-refractivity contribution is 5.90. The van der Waals surface area contributed by atoms with E-state index in [1.165, 1.54) is 5.56 Å². The van der Waals surface area contributed by atoms with Gasteiger partial charge in [0.05, 0.1) is 27.8 Å². The summed E-state index contributed by atoms with van der Waals surface area (Å²) >= 11 is 0. The van der Waals surface area contributed by atoms with Crippen LogP contribution in [0.15, 0.2) is 53.1 Å². The Balaban J connectivity index is 1.49. The van der Waals surface area contributed by atoms with Crippen molar-refractivity contribution in [2.75, 3.05) is 39.7 Å². The van der Waals surface area contributed by atoms with Crippen LogP contribution < -0.4 is 19.7 Å². The lowest BCUT2D eigenvalue weighted by molar-refractivity contribution is -0.870. The lowest BCUT2D eigenvalue weighted by Gasteiger charge is -2.14. The highest BCUT2D eigenvalue weighted by atomic mass is 16.5. The highest BCUT2D eigenvalue weighted by Gasteiger charge is 2.14. The van der Waals surface area contributed by atoms with Crippen molar-refractivity contribution >= 4 is 11.8 Å². The average molecular weight is 410 g/mol. The Morgan fingerprint density at radius 1 is 1.07 bits per heavy atom. The van der Waals surface area contributed by atoms with Crippen LogP contribution in [0.2, 0.25) is 0 Å². The van der Waals surface area contributed by atoms with Crippen LogP contribution in [0.25, 0.3) is 11.3 Å². The second-order valence-electron chi connectivity index (χ2n) is 7.31. The monoisotopic (exact) mass is 410 g/mol. The number of nitrogens with zero attached hydrogens (tertiary/aromatic N) is 1. The molecule has 0 aliphatic heterocycles. The van der Waals surface area contributed by atoms with E-state index in [9.17, 15) is 4.79 Å². The van der Waals surface area contributed by atoms with Crippen LogP contribution in [0.4, 0.5) is 5.88 Å². The van der Waals surface area contributed by atoms with Gasteiger partial charge in [-0.2, -0.15) is 0 Å². The minimum Gasteiger partial charge on any atom is -0.493 e. The maximum absolute atomic E-state index is 12.4. The number of rotatable bonds is 9. The largest absolute Gasteiger partial charge is 0.493 e. The number of methoxy groups -OCH3 is 2. The fraction of sp³-hybridized carbons (Fsp3) is 0.304. The molecule has 1 heterocycles. The molecule has 30 heavy (non-hydrogen) atoms. The fourth-order valence-corrected chi connectivity index (χ4v) is 3.13. The first-order valence-corrected chi connectivity index (χ1v) is 9.84. The Morgan fingerprint density at radius 3 is 2.50 bits per heavy atom. The maximum Gasteiger partial charge on any atom is 0.281 e. The zero-order valence-corrected chi connectivity index (χ0v) is 17.8.